The molecule has 2 aliphatic heterocycles. The van der Waals surface area contributed by atoms with E-state index < -0.39 is 0 Å². The Kier molecular flexibility index (Phi) is 4.38. The fourth-order valence-corrected chi connectivity index (χ4v) is 2.79. The second-order valence-corrected chi connectivity index (χ2v) is 5.17. The van der Waals surface area contributed by atoms with E-state index in [2.05, 4.69) is 11.0 Å². The number of hydrogen-bond donors (Lipinski definition) is 0. The van der Waals surface area contributed by atoms with Crippen LogP contribution in [0.3, 0.4) is 0 Å². The van der Waals surface area contributed by atoms with E-state index in [0.29, 0.717) is 18.4 Å². The Hall–Kier alpha value is -1.08. The maximum atomic E-state index is 12.0. The number of amides is 1. The van der Waals surface area contributed by atoms with Crippen LogP contribution < -0.4 is 0 Å². The molecule has 0 aromatic carbocycles. The van der Waals surface area contributed by atoms with Crippen molar-refractivity contribution >= 4 is 5.91 Å². The molecule has 0 aromatic heterocycles. The van der Waals surface area contributed by atoms with Crippen LogP contribution in [0.4, 0.5) is 0 Å². The van der Waals surface area contributed by atoms with Gasteiger partial charge in [-0.2, -0.15) is 5.26 Å². The van der Waals surface area contributed by atoms with Gasteiger partial charge >= 0.3 is 0 Å². The molecule has 0 spiro atoms. The summed E-state index contributed by atoms with van der Waals surface area (Å²) in [4.78, 5) is 16.2. The van der Waals surface area contributed by atoms with Crippen molar-refractivity contribution in [2.45, 2.75) is 32.1 Å². The van der Waals surface area contributed by atoms with Crippen molar-refractivity contribution in [2.24, 2.45) is 5.92 Å². The highest BCUT2D eigenvalue weighted by molar-refractivity contribution is 5.76. The van der Waals surface area contributed by atoms with Gasteiger partial charge in [0.1, 0.15) is 0 Å². The third-order valence-electron chi connectivity index (χ3n) is 3.92. The van der Waals surface area contributed by atoms with Gasteiger partial charge in [0, 0.05) is 19.5 Å². The van der Waals surface area contributed by atoms with Crippen LogP contribution in [0.15, 0.2) is 0 Å². The maximum absolute atomic E-state index is 12.0. The van der Waals surface area contributed by atoms with Crippen LogP contribution in [-0.4, -0.2) is 48.4 Å². The molecule has 0 bridgehead atoms. The van der Waals surface area contributed by atoms with E-state index >= 15 is 0 Å². The van der Waals surface area contributed by atoms with Gasteiger partial charge in [0.05, 0.1) is 12.6 Å². The largest absolute Gasteiger partial charge is 0.343 e. The zero-order chi connectivity index (χ0) is 12.1. The molecule has 0 aromatic rings. The molecule has 0 radical (unpaired) electrons. The van der Waals surface area contributed by atoms with Crippen LogP contribution >= 0.6 is 0 Å². The average Bonchev–Trinajstić information content (AvgIpc) is 2.86. The second kappa shape index (κ2) is 6.02. The van der Waals surface area contributed by atoms with Crippen molar-refractivity contribution in [3.63, 3.8) is 0 Å². The van der Waals surface area contributed by atoms with Gasteiger partial charge in [0.15, 0.2) is 0 Å². The predicted octanol–water partition coefficient (Wildman–Crippen LogP) is 1.23. The fraction of sp³-hybridized carbons (Fsp3) is 0.846. The Balaban J connectivity index is 1.70. The number of nitriles is 1. The lowest BCUT2D eigenvalue weighted by molar-refractivity contribution is -0.131. The lowest BCUT2D eigenvalue weighted by Crippen LogP contribution is -2.36. The maximum Gasteiger partial charge on any atom is 0.222 e. The summed E-state index contributed by atoms with van der Waals surface area (Å²) in [6, 6.07) is 2.19. The van der Waals surface area contributed by atoms with Crippen LogP contribution in [0.25, 0.3) is 0 Å². The first-order chi connectivity index (χ1) is 8.29. The SMILES string of the molecule is N#CCN1CCC(CC(=O)N2CCCC2)CC1. The third kappa shape index (κ3) is 3.44. The number of likely N-dealkylation sites (tertiary alicyclic amines) is 2. The van der Waals surface area contributed by atoms with Gasteiger partial charge in [-0.15, -0.1) is 0 Å². The molecule has 4 nitrogen and oxygen atoms in total. The van der Waals surface area contributed by atoms with Crippen molar-refractivity contribution in [3.8, 4) is 6.07 Å². The first kappa shape index (κ1) is 12.4. The second-order valence-electron chi connectivity index (χ2n) is 5.17. The van der Waals surface area contributed by atoms with Crippen LogP contribution in [0.2, 0.25) is 0 Å². The highest BCUT2D eigenvalue weighted by Crippen LogP contribution is 2.22. The molecule has 2 aliphatic rings. The fourth-order valence-electron chi connectivity index (χ4n) is 2.79. The third-order valence-corrected chi connectivity index (χ3v) is 3.92. The zero-order valence-electron chi connectivity index (χ0n) is 10.4. The highest BCUT2D eigenvalue weighted by atomic mass is 16.2. The molecular weight excluding hydrogens is 214 g/mol. The molecule has 94 valence electrons. The standard InChI is InChI=1S/C13H21N3O/c14-5-10-15-8-3-12(4-9-15)11-13(17)16-6-1-2-7-16/h12H,1-4,6-11H2. The lowest BCUT2D eigenvalue weighted by Gasteiger charge is -2.30. The van der Waals surface area contributed by atoms with Crippen LogP contribution in [0.5, 0.6) is 0 Å². The van der Waals surface area contributed by atoms with Gasteiger partial charge < -0.3 is 4.90 Å². The van der Waals surface area contributed by atoms with E-state index in [0.717, 1.165) is 45.4 Å². The van der Waals surface area contributed by atoms with Crippen molar-refractivity contribution in [1.29, 1.82) is 5.26 Å². The summed E-state index contributed by atoms with van der Waals surface area (Å²) in [6.07, 6.45) is 5.21. The summed E-state index contributed by atoms with van der Waals surface area (Å²) in [5, 5.41) is 8.62. The molecule has 1 amide bonds. The Bertz CT molecular complexity index is 296. The van der Waals surface area contributed by atoms with Gasteiger partial charge in [0.25, 0.3) is 0 Å². The molecule has 4 heteroatoms. The van der Waals surface area contributed by atoms with Gasteiger partial charge in [-0.25, -0.2) is 0 Å². The molecule has 2 heterocycles. The first-order valence-electron chi connectivity index (χ1n) is 6.66. The van der Waals surface area contributed by atoms with Gasteiger partial charge in [-0.3, -0.25) is 9.69 Å². The van der Waals surface area contributed by atoms with Crippen molar-refractivity contribution in [3.05, 3.63) is 0 Å². The summed E-state index contributed by atoms with van der Waals surface area (Å²) < 4.78 is 0. The van der Waals surface area contributed by atoms with E-state index in [1.807, 2.05) is 4.90 Å². The average molecular weight is 235 g/mol. The van der Waals surface area contributed by atoms with E-state index in [9.17, 15) is 4.79 Å². The number of carbonyl (C=O) groups is 1. The number of carbonyl (C=O) groups excluding carboxylic acids is 1. The molecule has 2 fully saturated rings. The number of rotatable bonds is 3. The summed E-state index contributed by atoms with van der Waals surface area (Å²) in [5.41, 5.74) is 0. The lowest BCUT2D eigenvalue weighted by atomic mass is 9.93. The van der Waals surface area contributed by atoms with Gasteiger partial charge in [0.2, 0.25) is 5.91 Å². The zero-order valence-corrected chi connectivity index (χ0v) is 10.4. The Morgan fingerprint density at radius 3 is 2.41 bits per heavy atom. The van der Waals surface area contributed by atoms with Crippen molar-refractivity contribution in [2.75, 3.05) is 32.7 Å². The summed E-state index contributed by atoms with van der Waals surface area (Å²) in [6.45, 7) is 4.42. The molecule has 0 N–H and O–H groups in total. The Morgan fingerprint density at radius 1 is 1.18 bits per heavy atom. The van der Waals surface area contributed by atoms with E-state index in [1.54, 1.807) is 0 Å². The summed E-state index contributed by atoms with van der Waals surface area (Å²) >= 11 is 0. The molecule has 0 atom stereocenters. The molecule has 0 saturated carbocycles. The minimum absolute atomic E-state index is 0.348. The monoisotopic (exact) mass is 235 g/mol. The summed E-state index contributed by atoms with van der Waals surface area (Å²) in [5.74, 6) is 0.888. The quantitative estimate of drug-likeness (QED) is 0.691. The van der Waals surface area contributed by atoms with Crippen molar-refractivity contribution in [1.82, 2.24) is 9.80 Å². The van der Waals surface area contributed by atoms with Crippen molar-refractivity contribution < 1.29 is 4.79 Å². The van der Waals surface area contributed by atoms with Crippen LogP contribution in [0.1, 0.15) is 32.1 Å². The minimum Gasteiger partial charge on any atom is -0.343 e. The molecule has 0 unspecified atom stereocenters. The summed E-state index contributed by atoms with van der Waals surface area (Å²) in [7, 11) is 0. The number of nitrogens with zero attached hydrogens (tertiary/aromatic N) is 3. The number of piperidine rings is 1. The molecular formula is C13H21N3O. The Labute approximate surface area is 103 Å². The van der Waals surface area contributed by atoms with Gasteiger partial charge in [-0.05, 0) is 44.7 Å². The molecule has 17 heavy (non-hydrogen) atoms. The van der Waals surface area contributed by atoms with E-state index in [-0.39, 0.29) is 0 Å². The molecule has 2 rings (SSSR count). The molecule has 2 saturated heterocycles. The predicted molar refractivity (Wildman–Crippen MR) is 65.2 cm³/mol. The topological polar surface area (TPSA) is 47.3 Å². The van der Waals surface area contributed by atoms with Gasteiger partial charge in [-0.1, -0.05) is 0 Å². The van der Waals surface area contributed by atoms with Crippen LogP contribution in [-0.2, 0) is 4.79 Å². The highest BCUT2D eigenvalue weighted by Gasteiger charge is 2.24. The Morgan fingerprint density at radius 2 is 1.82 bits per heavy atom. The minimum atomic E-state index is 0.348. The molecule has 0 aliphatic carbocycles. The van der Waals surface area contributed by atoms with E-state index in [1.165, 1.54) is 12.8 Å². The van der Waals surface area contributed by atoms with Crippen LogP contribution in [0, 0.1) is 17.2 Å². The van der Waals surface area contributed by atoms with E-state index in [4.69, 9.17) is 5.26 Å². The first-order valence-corrected chi connectivity index (χ1v) is 6.66. The smallest absolute Gasteiger partial charge is 0.222 e. The normalized spacial score (nSPS) is 22.6. The number of hydrogen-bond acceptors (Lipinski definition) is 3.